The van der Waals surface area contributed by atoms with Gasteiger partial charge in [-0.25, -0.2) is 0 Å². The second kappa shape index (κ2) is 5.53. The fourth-order valence-electron chi connectivity index (χ4n) is 1.41. The zero-order valence-electron chi connectivity index (χ0n) is 8.86. The minimum Gasteiger partial charge on any atom is -0.150 e. The van der Waals surface area contributed by atoms with E-state index < -0.39 is 0 Å². The Hall–Kier alpha value is -1.18. The highest BCUT2D eigenvalue weighted by Crippen LogP contribution is 2.11. The lowest BCUT2D eigenvalue weighted by Crippen LogP contribution is -1.93. The van der Waals surface area contributed by atoms with Crippen LogP contribution in [-0.4, -0.2) is 0 Å². The molecule has 1 aromatic rings. The number of nitroso groups, excluding NO2 is 1. The lowest BCUT2D eigenvalue weighted by molar-refractivity contribution is 0.586. The third-order valence-corrected chi connectivity index (χ3v) is 2.25. The average Bonchev–Trinajstić information content (AvgIpc) is 2.16. The molecule has 0 saturated heterocycles. The van der Waals surface area contributed by atoms with Gasteiger partial charge in [0.1, 0.15) is 6.54 Å². The molecule has 0 aromatic heterocycles. The number of hydrogen-bond donors (Lipinski definition) is 0. The summed E-state index contributed by atoms with van der Waals surface area (Å²) in [6.45, 7) is 4.73. The lowest BCUT2D eigenvalue weighted by Gasteiger charge is -2.05. The molecule has 1 aromatic carbocycles. The third-order valence-electron chi connectivity index (χ3n) is 2.25. The van der Waals surface area contributed by atoms with Crippen molar-refractivity contribution in [2.75, 3.05) is 0 Å². The fraction of sp³-hybridized carbons (Fsp3) is 0.500. The van der Waals surface area contributed by atoms with Crippen molar-refractivity contribution < 1.29 is 0 Å². The van der Waals surface area contributed by atoms with Crippen LogP contribution in [0, 0.1) is 10.8 Å². The van der Waals surface area contributed by atoms with E-state index in [0.717, 1.165) is 17.9 Å². The molecule has 0 saturated carbocycles. The molecular weight excluding hydrogens is 174 g/mol. The molecule has 0 bridgehead atoms. The van der Waals surface area contributed by atoms with Crippen molar-refractivity contribution in [3.8, 4) is 0 Å². The van der Waals surface area contributed by atoms with E-state index in [2.05, 4.69) is 31.2 Å². The summed E-state index contributed by atoms with van der Waals surface area (Å²) in [5, 5.41) is 2.89. The summed E-state index contributed by atoms with van der Waals surface area (Å²) < 4.78 is 0. The molecule has 0 fully saturated rings. The Balaban J connectivity index is 2.58. The van der Waals surface area contributed by atoms with Crippen LogP contribution in [0.2, 0.25) is 0 Å². The molecule has 0 atom stereocenters. The summed E-state index contributed by atoms with van der Waals surface area (Å²) in [6.07, 6.45) is 2.28. The Morgan fingerprint density at radius 2 is 2.00 bits per heavy atom. The van der Waals surface area contributed by atoms with Crippen LogP contribution >= 0.6 is 0 Å². The highest BCUT2D eigenvalue weighted by Gasteiger charge is 1.98. The van der Waals surface area contributed by atoms with Crippen molar-refractivity contribution in [2.45, 2.75) is 33.2 Å². The van der Waals surface area contributed by atoms with Gasteiger partial charge in [0.15, 0.2) is 0 Å². The van der Waals surface area contributed by atoms with Crippen molar-refractivity contribution in [1.82, 2.24) is 0 Å². The van der Waals surface area contributed by atoms with Crippen LogP contribution in [0.4, 0.5) is 0 Å². The number of benzene rings is 1. The van der Waals surface area contributed by atoms with E-state index in [1.807, 2.05) is 12.1 Å². The van der Waals surface area contributed by atoms with Gasteiger partial charge in [0.2, 0.25) is 0 Å². The summed E-state index contributed by atoms with van der Waals surface area (Å²) in [6, 6.07) is 8.12. The number of hydrogen-bond acceptors (Lipinski definition) is 2. The molecule has 2 heteroatoms. The van der Waals surface area contributed by atoms with E-state index >= 15 is 0 Å². The fourth-order valence-corrected chi connectivity index (χ4v) is 1.41. The normalized spacial score (nSPS) is 10.5. The molecule has 0 aliphatic rings. The predicted octanol–water partition coefficient (Wildman–Crippen LogP) is 3.54. The zero-order chi connectivity index (χ0) is 10.4. The van der Waals surface area contributed by atoms with Crippen LogP contribution in [0.1, 0.15) is 31.4 Å². The average molecular weight is 191 g/mol. The molecule has 14 heavy (non-hydrogen) atoms. The number of aryl methyl sites for hydroxylation is 1. The first-order chi connectivity index (χ1) is 6.72. The number of nitrogens with zero attached hydrogens (tertiary/aromatic N) is 1. The van der Waals surface area contributed by atoms with E-state index in [1.54, 1.807) is 0 Å². The molecular formula is C12H17NO. The van der Waals surface area contributed by atoms with Crippen LogP contribution < -0.4 is 0 Å². The van der Waals surface area contributed by atoms with Crippen LogP contribution in [0.3, 0.4) is 0 Å². The smallest absolute Gasteiger partial charge is 0.106 e. The van der Waals surface area contributed by atoms with Gasteiger partial charge >= 0.3 is 0 Å². The van der Waals surface area contributed by atoms with Gasteiger partial charge in [-0.2, -0.15) is 4.91 Å². The van der Waals surface area contributed by atoms with Gasteiger partial charge in [0.05, 0.1) is 0 Å². The summed E-state index contributed by atoms with van der Waals surface area (Å²) in [5.74, 6) is 0.725. The third kappa shape index (κ3) is 3.69. The monoisotopic (exact) mass is 191 g/mol. The van der Waals surface area contributed by atoms with Crippen molar-refractivity contribution in [2.24, 2.45) is 11.1 Å². The SMILES string of the molecule is CC(C)CCc1cccc(CN=O)c1. The Labute approximate surface area is 85.3 Å². The molecule has 0 N–H and O–H groups in total. The Morgan fingerprint density at radius 1 is 1.29 bits per heavy atom. The molecule has 0 spiro atoms. The van der Waals surface area contributed by atoms with Gasteiger partial charge in [-0.3, -0.25) is 0 Å². The second-order valence-corrected chi connectivity index (χ2v) is 4.04. The molecule has 0 amide bonds. The van der Waals surface area contributed by atoms with Gasteiger partial charge in [-0.1, -0.05) is 43.3 Å². The summed E-state index contributed by atoms with van der Waals surface area (Å²) in [5.41, 5.74) is 2.32. The molecule has 0 heterocycles. The van der Waals surface area contributed by atoms with E-state index in [-0.39, 0.29) is 6.54 Å². The molecule has 0 aliphatic heterocycles. The standard InChI is InChI=1S/C12H17NO/c1-10(2)6-7-11-4-3-5-12(8-11)9-13-14/h3-5,8,10H,6-7,9H2,1-2H3. The first-order valence-electron chi connectivity index (χ1n) is 5.09. The van der Waals surface area contributed by atoms with Crippen molar-refractivity contribution in [3.05, 3.63) is 40.3 Å². The molecule has 1 rings (SSSR count). The lowest BCUT2D eigenvalue weighted by atomic mass is 10.0. The Bertz CT molecular complexity index is 294. The van der Waals surface area contributed by atoms with Gasteiger partial charge in [-0.05, 0) is 29.9 Å². The van der Waals surface area contributed by atoms with Crippen LogP contribution in [-0.2, 0) is 13.0 Å². The van der Waals surface area contributed by atoms with E-state index in [4.69, 9.17) is 0 Å². The first-order valence-corrected chi connectivity index (χ1v) is 5.09. The minimum atomic E-state index is 0.287. The van der Waals surface area contributed by atoms with Crippen LogP contribution in [0.15, 0.2) is 29.4 Å². The maximum atomic E-state index is 10.1. The summed E-state index contributed by atoms with van der Waals surface area (Å²) in [4.78, 5) is 10.1. The van der Waals surface area contributed by atoms with Gasteiger partial charge < -0.3 is 0 Å². The first kappa shape index (κ1) is 10.9. The molecule has 2 nitrogen and oxygen atoms in total. The van der Waals surface area contributed by atoms with E-state index in [9.17, 15) is 4.91 Å². The van der Waals surface area contributed by atoms with Gasteiger partial charge in [0, 0.05) is 0 Å². The van der Waals surface area contributed by atoms with Gasteiger partial charge in [0.25, 0.3) is 0 Å². The zero-order valence-corrected chi connectivity index (χ0v) is 8.86. The number of rotatable bonds is 5. The molecule has 0 aliphatic carbocycles. The molecule has 0 unspecified atom stereocenters. The van der Waals surface area contributed by atoms with Crippen LogP contribution in [0.25, 0.3) is 0 Å². The Morgan fingerprint density at radius 3 is 2.64 bits per heavy atom. The van der Waals surface area contributed by atoms with E-state index in [0.29, 0.717) is 0 Å². The largest absolute Gasteiger partial charge is 0.150 e. The van der Waals surface area contributed by atoms with Crippen LogP contribution in [0.5, 0.6) is 0 Å². The quantitative estimate of drug-likeness (QED) is 0.654. The predicted molar refractivity (Wildman–Crippen MR) is 59.1 cm³/mol. The van der Waals surface area contributed by atoms with Crippen molar-refractivity contribution in [1.29, 1.82) is 0 Å². The van der Waals surface area contributed by atoms with Crippen molar-refractivity contribution >= 4 is 0 Å². The highest BCUT2D eigenvalue weighted by atomic mass is 16.3. The molecule has 0 radical (unpaired) electrons. The Kier molecular flexibility index (Phi) is 4.30. The molecule has 76 valence electrons. The maximum Gasteiger partial charge on any atom is 0.106 e. The summed E-state index contributed by atoms with van der Waals surface area (Å²) in [7, 11) is 0. The maximum absolute atomic E-state index is 10.1. The van der Waals surface area contributed by atoms with Gasteiger partial charge in [-0.15, -0.1) is 0 Å². The van der Waals surface area contributed by atoms with E-state index in [1.165, 1.54) is 12.0 Å². The highest BCUT2D eigenvalue weighted by molar-refractivity contribution is 5.23. The second-order valence-electron chi connectivity index (χ2n) is 4.04. The summed E-state index contributed by atoms with van der Waals surface area (Å²) >= 11 is 0. The van der Waals surface area contributed by atoms with Crippen molar-refractivity contribution in [3.63, 3.8) is 0 Å². The minimum absolute atomic E-state index is 0.287. The topological polar surface area (TPSA) is 29.4 Å².